The number of likely N-dealkylation sites (tertiary alicyclic amines) is 1. The lowest BCUT2D eigenvalue weighted by Crippen LogP contribution is -2.39. The predicted octanol–water partition coefficient (Wildman–Crippen LogP) is 4.39. The molecule has 0 aromatic carbocycles. The standard InChI is InChI=1S/C20H24N2O2S2/c23-19(9-6-14-10-12-25-13-14)22-11-2-5-16(22)17-7-8-18(26-17)20(24)21-15-3-1-4-15/h7-8,10,12-13,15-16H,1-6,9,11H2,(H,21,24)/t16-/m1/s1. The number of hydrogen-bond donors (Lipinski definition) is 1. The van der Waals surface area contributed by atoms with E-state index in [0.29, 0.717) is 12.5 Å². The highest BCUT2D eigenvalue weighted by molar-refractivity contribution is 7.14. The van der Waals surface area contributed by atoms with E-state index in [1.165, 1.54) is 12.0 Å². The summed E-state index contributed by atoms with van der Waals surface area (Å²) < 4.78 is 0. The number of amides is 2. The third kappa shape index (κ3) is 3.86. The van der Waals surface area contributed by atoms with Gasteiger partial charge >= 0.3 is 0 Å². The molecule has 3 heterocycles. The zero-order chi connectivity index (χ0) is 17.9. The summed E-state index contributed by atoms with van der Waals surface area (Å²) in [4.78, 5) is 29.0. The summed E-state index contributed by atoms with van der Waals surface area (Å²) in [5, 5.41) is 7.27. The molecule has 1 saturated carbocycles. The molecule has 1 saturated heterocycles. The highest BCUT2D eigenvalue weighted by Gasteiger charge is 2.31. The first-order valence-corrected chi connectivity index (χ1v) is 11.2. The van der Waals surface area contributed by atoms with Crippen LogP contribution in [-0.2, 0) is 11.2 Å². The molecule has 1 aliphatic heterocycles. The van der Waals surface area contributed by atoms with Crippen LogP contribution in [0.2, 0.25) is 0 Å². The maximum Gasteiger partial charge on any atom is 0.261 e. The Morgan fingerprint density at radius 2 is 2.04 bits per heavy atom. The van der Waals surface area contributed by atoms with Crippen LogP contribution in [0.4, 0.5) is 0 Å². The lowest BCUT2D eigenvalue weighted by atomic mass is 9.93. The molecular weight excluding hydrogens is 364 g/mol. The largest absolute Gasteiger partial charge is 0.349 e. The van der Waals surface area contributed by atoms with E-state index in [0.717, 1.165) is 48.4 Å². The fourth-order valence-electron chi connectivity index (χ4n) is 3.65. The normalized spacial score (nSPS) is 20.2. The molecule has 2 aliphatic rings. The lowest BCUT2D eigenvalue weighted by Gasteiger charge is -2.26. The van der Waals surface area contributed by atoms with Gasteiger partial charge in [-0.2, -0.15) is 11.3 Å². The van der Waals surface area contributed by atoms with Crippen LogP contribution in [-0.4, -0.2) is 29.3 Å². The fourth-order valence-corrected chi connectivity index (χ4v) is 5.42. The van der Waals surface area contributed by atoms with Crippen LogP contribution in [0.15, 0.2) is 29.0 Å². The minimum Gasteiger partial charge on any atom is -0.349 e. The second-order valence-corrected chi connectivity index (χ2v) is 9.08. The molecule has 0 unspecified atom stereocenters. The van der Waals surface area contributed by atoms with Crippen molar-refractivity contribution in [1.29, 1.82) is 0 Å². The minimum absolute atomic E-state index is 0.0410. The third-order valence-corrected chi connectivity index (χ3v) is 7.32. The first-order chi connectivity index (χ1) is 12.7. The van der Waals surface area contributed by atoms with Gasteiger partial charge in [0.05, 0.1) is 10.9 Å². The number of hydrogen-bond acceptors (Lipinski definition) is 4. The first-order valence-electron chi connectivity index (χ1n) is 9.42. The van der Waals surface area contributed by atoms with Gasteiger partial charge in [-0.15, -0.1) is 11.3 Å². The molecule has 0 bridgehead atoms. The van der Waals surface area contributed by atoms with Crippen LogP contribution in [0.5, 0.6) is 0 Å². The van der Waals surface area contributed by atoms with Crippen molar-refractivity contribution in [2.45, 2.75) is 57.0 Å². The molecule has 2 aromatic rings. The van der Waals surface area contributed by atoms with Gasteiger partial charge in [-0.3, -0.25) is 9.59 Å². The van der Waals surface area contributed by atoms with Crippen LogP contribution >= 0.6 is 22.7 Å². The highest BCUT2D eigenvalue weighted by atomic mass is 32.1. The number of thiophene rings is 2. The van der Waals surface area contributed by atoms with Gasteiger partial charge in [0.2, 0.25) is 5.91 Å². The number of nitrogens with one attached hydrogen (secondary N) is 1. The van der Waals surface area contributed by atoms with Crippen LogP contribution < -0.4 is 5.32 Å². The number of nitrogens with zero attached hydrogens (tertiary/aromatic N) is 1. The van der Waals surface area contributed by atoms with Gasteiger partial charge in [-0.05, 0) is 73.0 Å². The summed E-state index contributed by atoms with van der Waals surface area (Å²) >= 11 is 3.22. The number of carbonyl (C=O) groups is 2. The lowest BCUT2D eigenvalue weighted by molar-refractivity contribution is -0.132. The molecule has 2 fully saturated rings. The Bertz CT molecular complexity index is 765. The molecule has 0 spiro atoms. The van der Waals surface area contributed by atoms with Crippen molar-refractivity contribution in [3.8, 4) is 0 Å². The van der Waals surface area contributed by atoms with Crippen molar-refractivity contribution in [3.05, 3.63) is 44.3 Å². The Labute approximate surface area is 162 Å². The summed E-state index contributed by atoms with van der Waals surface area (Å²) in [5.41, 5.74) is 1.24. The zero-order valence-corrected chi connectivity index (χ0v) is 16.4. The van der Waals surface area contributed by atoms with Crippen molar-refractivity contribution in [2.24, 2.45) is 0 Å². The van der Waals surface area contributed by atoms with E-state index in [1.54, 1.807) is 22.7 Å². The maximum atomic E-state index is 12.7. The molecule has 6 heteroatoms. The number of aryl methyl sites for hydroxylation is 1. The Balaban J connectivity index is 1.38. The fraction of sp³-hybridized carbons (Fsp3) is 0.500. The maximum absolute atomic E-state index is 12.7. The average Bonchev–Trinajstić information content (AvgIpc) is 3.35. The molecule has 26 heavy (non-hydrogen) atoms. The first kappa shape index (κ1) is 17.7. The molecule has 4 nitrogen and oxygen atoms in total. The van der Waals surface area contributed by atoms with Gasteiger partial charge in [0, 0.05) is 23.9 Å². The molecule has 1 aliphatic carbocycles. The topological polar surface area (TPSA) is 49.4 Å². The summed E-state index contributed by atoms with van der Waals surface area (Å²) in [6.07, 6.45) is 6.81. The molecule has 2 amide bonds. The van der Waals surface area contributed by atoms with E-state index in [2.05, 4.69) is 22.1 Å². The van der Waals surface area contributed by atoms with E-state index in [-0.39, 0.29) is 17.9 Å². The van der Waals surface area contributed by atoms with Crippen molar-refractivity contribution >= 4 is 34.5 Å². The van der Waals surface area contributed by atoms with Crippen LogP contribution in [0.25, 0.3) is 0 Å². The van der Waals surface area contributed by atoms with Crippen molar-refractivity contribution in [2.75, 3.05) is 6.54 Å². The van der Waals surface area contributed by atoms with Crippen molar-refractivity contribution in [3.63, 3.8) is 0 Å². The smallest absolute Gasteiger partial charge is 0.261 e. The van der Waals surface area contributed by atoms with E-state index >= 15 is 0 Å². The molecular formula is C20H24N2O2S2. The van der Waals surface area contributed by atoms with E-state index in [4.69, 9.17) is 0 Å². The summed E-state index contributed by atoms with van der Waals surface area (Å²) in [6.45, 7) is 0.828. The molecule has 138 valence electrons. The Kier molecular flexibility index (Phi) is 5.41. The Morgan fingerprint density at radius 1 is 1.15 bits per heavy atom. The molecule has 1 N–H and O–H groups in total. The van der Waals surface area contributed by atoms with Crippen molar-refractivity contribution < 1.29 is 9.59 Å². The van der Waals surface area contributed by atoms with E-state index in [9.17, 15) is 9.59 Å². The second kappa shape index (κ2) is 7.92. The molecule has 4 rings (SSSR count). The van der Waals surface area contributed by atoms with E-state index in [1.807, 2.05) is 17.0 Å². The van der Waals surface area contributed by atoms with Gasteiger partial charge < -0.3 is 10.2 Å². The quantitative estimate of drug-likeness (QED) is 0.798. The van der Waals surface area contributed by atoms with Gasteiger partial charge in [0.15, 0.2) is 0 Å². The van der Waals surface area contributed by atoms with Crippen molar-refractivity contribution in [1.82, 2.24) is 10.2 Å². The highest BCUT2D eigenvalue weighted by Crippen LogP contribution is 2.36. The number of rotatable bonds is 6. The second-order valence-electron chi connectivity index (χ2n) is 7.18. The summed E-state index contributed by atoms with van der Waals surface area (Å²) in [5.74, 6) is 0.270. The van der Waals surface area contributed by atoms with Crippen LogP contribution in [0, 0.1) is 0 Å². The zero-order valence-electron chi connectivity index (χ0n) is 14.8. The SMILES string of the molecule is O=C(NC1CCC1)c1ccc([C@H]2CCCN2C(=O)CCc2ccsc2)s1. The molecule has 0 radical (unpaired) electrons. The average molecular weight is 389 g/mol. The van der Waals surface area contributed by atoms with Gasteiger partial charge in [0.25, 0.3) is 5.91 Å². The summed E-state index contributed by atoms with van der Waals surface area (Å²) in [6, 6.07) is 6.54. The Morgan fingerprint density at radius 3 is 2.77 bits per heavy atom. The minimum atomic E-state index is 0.0410. The third-order valence-electron chi connectivity index (χ3n) is 5.40. The van der Waals surface area contributed by atoms with Gasteiger partial charge in [-0.1, -0.05) is 0 Å². The Hall–Kier alpha value is -1.66. The van der Waals surface area contributed by atoms with Crippen LogP contribution in [0.3, 0.4) is 0 Å². The monoisotopic (exact) mass is 388 g/mol. The number of carbonyl (C=O) groups excluding carboxylic acids is 2. The van der Waals surface area contributed by atoms with Gasteiger partial charge in [0.1, 0.15) is 0 Å². The molecule has 2 aromatic heterocycles. The van der Waals surface area contributed by atoms with Gasteiger partial charge in [-0.25, -0.2) is 0 Å². The predicted molar refractivity (Wildman–Crippen MR) is 106 cm³/mol. The summed E-state index contributed by atoms with van der Waals surface area (Å²) in [7, 11) is 0. The van der Waals surface area contributed by atoms with Crippen LogP contribution in [0.1, 0.15) is 64.7 Å². The molecule has 1 atom stereocenters. The van der Waals surface area contributed by atoms with E-state index < -0.39 is 0 Å².